The van der Waals surface area contributed by atoms with Gasteiger partial charge in [0.25, 0.3) is 0 Å². The third-order valence-electron chi connectivity index (χ3n) is 4.34. The summed E-state index contributed by atoms with van der Waals surface area (Å²) in [6.45, 7) is 0.554. The number of aliphatic hydroxyl groups is 1. The molecule has 1 saturated carbocycles. The number of nitrogens with one attached hydrogen (secondary N) is 1. The van der Waals surface area contributed by atoms with Crippen LogP contribution in [0.1, 0.15) is 44.9 Å². The van der Waals surface area contributed by atoms with E-state index in [1.807, 2.05) is 0 Å². The maximum Gasteiger partial charge on any atom is 0.223 e. The zero-order valence-electron chi connectivity index (χ0n) is 11.5. The van der Waals surface area contributed by atoms with E-state index >= 15 is 0 Å². The van der Waals surface area contributed by atoms with Gasteiger partial charge in [-0.25, -0.2) is 0 Å². The molecule has 2 aliphatic rings. The Hall–Kier alpha value is -0.650. The number of carbonyl (C=O) groups excluding carboxylic acids is 1. The van der Waals surface area contributed by atoms with Crippen molar-refractivity contribution < 1.29 is 14.6 Å². The normalized spacial score (nSPS) is 32.4. The topological polar surface area (TPSA) is 84.6 Å². The van der Waals surface area contributed by atoms with Crippen LogP contribution in [0.4, 0.5) is 0 Å². The molecule has 0 radical (unpaired) electrons. The number of hydrogen-bond donors (Lipinski definition) is 3. The Morgan fingerprint density at radius 2 is 2.00 bits per heavy atom. The maximum absolute atomic E-state index is 12.1. The van der Waals surface area contributed by atoms with Crippen LogP contribution in [0.25, 0.3) is 0 Å². The van der Waals surface area contributed by atoms with Crippen molar-refractivity contribution in [2.45, 2.75) is 63.2 Å². The number of rotatable bonds is 5. The lowest BCUT2D eigenvalue weighted by Gasteiger charge is -2.36. The van der Waals surface area contributed by atoms with E-state index < -0.39 is 0 Å². The first kappa shape index (κ1) is 14.8. The van der Waals surface area contributed by atoms with E-state index in [-0.39, 0.29) is 36.7 Å². The summed E-state index contributed by atoms with van der Waals surface area (Å²) in [5, 5.41) is 12.5. The second-order valence-corrected chi connectivity index (χ2v) is 5.73. The van der Waals surface area contributed by atoms with Crippen molar-refractivity contribution in [2.75, 3.05) is 13.2 Å². The number of carbonyl (C=O) groups is 1. The fourth-order valence-electron chi connectivity index (χ4n) is 3.18. The Morgan fingerprint density at radius 3 is 2.63 bits per heavy atom. The van der Waals surface area contributed by atoms with Crippen LogP contribution in [0.5, 0.6) is 0 Å². The molecule has 1 heterocycles. The number of hydrogen-bond acceptors (Lipinski definition) is 4. The van der Waals surface area contributed by atoms with Gasteiger partial charge in [0.1, 0.15) is 6.10 Å². The van der Waals surface area contributed by atoms with Crippen molar-refractivity contribution in [3.8, 4) is 0 Å². The Labute approximate surface area is 114 Å². The number of nitrogens with two attached hydrogens (primary N) is 1. The molecular weight excluding hydrogens is 244 g/mol. The molecule has 0 aromatic carbocycles. The van der Waals surface area contributed by atoms with Crippen molar-refractivity contribution in [1.29, 1.82) is 0 Å². The number of aliphatic hydroxyl groups excluding tert-OH is 1. The van der Waals surface area contributed by atoms with Crippen molar-refractivity contribution in [3.05, 3.63) is 0 Å². The van der Waals surface area contributed by atoms with Gasteiger partial charge in [-0.3, -0.25) is 4.79 Å². The highest BCUT2D eigenvalue weighted by molar-refractivity contribution is 5.79. The minimum Gasteiger partial charge on any atom is -0.394 e. The van der Waals surface area contributed by atoms with Gasteiger partial charge in [0.15, 0.2) is 0 Å². The predicted octanol–water partition coefficient (Wildman–Crippen LogP) is 0.550. The van der Waals surface area contributed by atoms with Gasteiger partial charge in [-0.2, -0.15) is 0 Å². The Balaban J connectivity index is 1.83. The average Bonchev–Trinajstić information content (AvgIpc) is 2.94. The quantitative estimate of drug-likeness (QED) is 0.681. The maximum atomic E-state index is 12.1. The summed E-state index contributed by atoms with van der Waals surface area (Å²) in [5.74, 6) is 0.308. The molecule has 0 spiro atoms. The van der Waals surface area contributed by atoms with Crippen LogP contribution in [-0.2, 0) is 9.53 Å². The molecule has 2 rings (SSSR count). The van der Waals surface area contributed by atoms with Crippen LogP contribution in [0.15, 0.2) is 0 Å². The van der Waals surface area contributed by atoms with Gasteiger partial charge in [0.2, 0.25) is 5.91 Å². The van der Waals surface area contributed by atoms with Gasteiger partial charge in [0.05, 0.1) is 18.8 Å². The van der Waals surface area contributed by atoms with Crippen molar-refractivity contribution >= 4 is 5.91 Å². The molecule has 3 atom stereocenters. The fourth-order valence-corrected chi connectivity index (χ4v) is 3.18. The smallest absolute Gasteiger partial charge is 0.223 e. The largest absolute Gasteiger partial charge is 0.394 e. The van der Waals surface area contributed by atoms with Gasteiger partial charge < -0.3 is 20.9 Å². The summed E-state index contributed by atoms with van der Waals surface area (Å²) in [6, 6.07) is -0.0490. The van der Waals surface area contributed by atoms with E-state index in [4.69, 9.17) is 10.5 Å². The first-order chi connectivity index (χ1) is 9.24. The molecule has 2 fully saturated rings. The SMILES string of the molecule is NCC[C@@H]1CC[C@H](NC(=O)C2CCCC2)[C@H](CO)O1. The summed E-state index contributed by atoms with van der Waals surface area (Å²) in [5.41, 5.74) is 5.53. The summed E-state index contributed by atoms with van der Waals surface area (Å²) in [6.07, 6.45) is 6.75. The molecule has 19 heavy (non-hydrogen) atoms. The molecule has 5 heteroatoms. The van der Waals surface area contributed by atoms with E-state index in [0.29, 0.717) is 6.54 Å². The Kier molecular flexibility index (Phi) is 5.60. The van der Waals surface area contributed by atoms with Crippen LogP contribution < -0.4 is 11.1 Å². The van der Waals surface area contributed by atoms with Crippen LogP contribution in [-0.4, -0.2) is 42.4 Å². The summed E-state index contributed by atoms with van der Waals surface area (Å²) < 4.78 is 5.81. The predicted molar refractivity (Wildman–Crippen MR) is 72.5 cm³/mol. The average molecular weight is 270 g/mol. The van der Waals surface area contributed by atoms with Crippen LogP contribution in [0, 0.1) is 5.92 Å². The van der Waals surface area contributed by atoms with E-state index in [1.54, 1.807) is 0 Å². The molecule has 0 aromatic heterocycles. The molecule has 0 unspecified atom stereocenters. The van der Waals surface area contributed by atoms with E-state index in [9.17, 15) is 9.90 Å². The van der Waals surface area contributed by atoms with Gasteiger partial charge >= 0.3 is 0 Å². The van der Waals surface area contributed by atoms with E-state index in [0.717, 1.165) is 44.9 Å². The van der Waals surface area contributed by atoms with Crippen LogP contribution in [0.3, 0.4) is 0 Å². The monoisotopic (exact) mass is 270 g/mol. The second kappa shape index (κ2) is 7.22. The molecule has 1 saturated heterocycles. The van der Waals surface area contributed by atoms with Gasteiger partial charge in [0, 0.05) is 5.92 Å². The lowest BCUT2D eigenvalue weighted by molar-refractivity contribution is -0.131. The van der Waals surface area contributed by atoms with E-state index in [2.05, 4.69) is 5.32 Å². The minimum absolute atomic E-state index is 0.0450. The highest BCUT2D eigenvalue weighted by atomic mass is 16.5. The van der Waals surface area contributed by atoms with Gasteiger partial charge in [-0.1, -0.05) is 12.8 Å². The van der Waals surface area contributed by atoms with Crippen molar-refractivity contribution in [1.82, 2.24) is 5.32 Å². The van der Waals surface area contributed by atoms with Crippen molar-refractivity contribution in [3.63, 3.8) is 0 Å². The molecule has 110 valence electrons. The lowest BCUT2D eigenvalue weighted by atomic mass is 9.96. The van der Waals surface area contributed by atoms with Crippen LogP contribution >= 0.6 is 0 Å². The Morgan fingerprint density at radius 1 is 1.26 bits per heavy atom. The minimum atomic E-state index is -0.282. The third-order valence-corrected chi connectivity index (χ3v) is 4.34. The fraction of sp³-hybridized carbons (Fsp3) is 0.929. The Bertz CT molecular complexity index is 292. The molecule has 5 nitrogen and oxygen atoms in total. The van der Waals surface area contributed by atoms with Crippen LogP contribution in [0.2, 0.25) is 0 Å². The standard InChI is InChI=1S/C14H26N2O3/c15-8-7-11-5-6-12(13(9-17)19-11)16-14(18)10-3-1-2-4-10/h10-13,17H,1-9,15H2,(H,16,18)/t11-,12-,13-/m0/s1. The van der Waals surface area contributed by atoms with Gasteiger partial charge in [-0.05, 0) is 38.6 Å². The first-order valence-corrected chi connectivity index (χ1v) is 7.51. The van der Waals surface area contributed by atoms with Crippen molar-refractivity contribution in [2.24, 2.45) is 11.7 Å². The third kappa shape index (κ3) is 3.91. The summed E-state index contributed by atoms with van der Waals surface area (Å²) >= 11 is 0. The molecule has 4 N–H and O–H groups in total. The molecule has 0 bridgehead atoms. The number of ether oxygens (including phenoxy) is 1. The van der Waals surface area contributed by atoms with E-state index in [1.165, 1.54) is 0 Å². The molecular formula is C14H26N2O3. The molecule has 0 aromatic rings. The summed E-state index contributed by atoms with van der Waals surface area (Å²) in [7, 11) is 0. The highest BCUT2D eigenvalue weighted by Crippen LogP contribution is 2.26. The zero-order chi connectivity index (χ0) is 13.7. The second-order valence-electron chi connectivity index (χ2n) is 5.73. The number of amides is 1. The molecule has 1 amide bonds. The first-order valence-electron chi connectivity index (χ1n) is 7.51. The lowest BCUT2D eigenvalue weighted by Crippen LogP contribution is -2.52. The van der Waals surface area contributed by atoms with Gasteiger partial charge in [-0.15, -0.1) is 0 Å². The highest BCUT2D eigenvalue weighted by Gasteiger charge is 2.33. The summed E-state index contributed by atoms with van der Waals surface area (Å²) in [4.78, 5) is 12.1. The molecule has 1 aliphatic heterocycles. The molecule has 1 aliphatic carbocycles. The zero-order valence-corrected chi connectivity index (χ0v) is 11.5.